The van der Waals surface area contributed by atoms with Crippen molar-refractivity contribution in [2.45, 2.75) is 65.0 Å². The molecule has 0 radical (unpaired) electrons. The number of carbonyl (C=O) groups excluding carboxylic acids is 3. The van der Waals surface area contributed by atoms with Gasteiger partial charge in [0.2, 0.25) is 0 Å². The molecule has 1 unspecified atom stereocenters. The molecule has 12 heteroatoms. The first-order valence-corrected chi connectivity index (χ1v) is 16.3. The van der Waals surface area contributed by atoms with E-state index < -0.39 is 29.3 Å². The molecule has 0 heterocycles. The van der Waals surface area contributed by atoms with Crippen LogP contribution in [0.25, 0.3) is 0 Å². The number of ketones is 1. The average molecular weight is 749 g/mol. The number of hydrogen-bond donors (Lipinski definition) is 1. The highest BCUT2D eigenvalue weighted by molar-refractivity contribution is 6.30. The molecule has 51 heavy (non-hydrogen) atoms. The van der Waals surface area contributed by atoms with Crippen LogP contribution >= 0.6 is 24.0 Å². The lowest BCUT2D eigenvalue weighted by atomic mass is 10.0. The van der Waals surface area contributed by atoms with E-state index in [1.807, 2.05) is 13.0 Å². The molecule has 1 N–H and O–H groups in total. The molecule has 7 nitrogen and oxygen atoms in total. The Labute approximate surface area is 307 Å². The topological polar surface area (TPSA) is 90.9 Å². The highest BCUT2D eigenvalue weighted by Gasteiger charge is 2.33. The average Bonchev–Trinajstić information content (AvgIpc) is 3.07. The van der Waals surface area contributed by atoms with Crippen molar-refractivity contribution in [3.63, 3.8) is 0 Å². The zero-order valence-electron chi connectivity index (χ0n) is 29.0. The second kappa shape index (κ2) is 19.9. The number of ether oxygens (including phenoxy) is 3. The second-order valence-corrected chi connectivity index (χ2v) is 12.6. The number of hydrogen-bond acceptors (Lipinski definition) is 7. The minimum Gasteiger partial charge on any atom is -0.476 e. The first kappa shape index (κ1) is 42.8. The molecular weight excluding hydrogens is 706 g/mol. The molecule has 0 aliphatic heterocycles. The Hall–Kier alpha value is -4.38. The van der Waals surface area contributed by atoms with Gasteiger partial charge >= 0.3 is 18.1 Å². The summed E-state index contributed by atoms with van der Waals surface area (Å²) in [6.07, 6.45) is -4.09. The van der Waals surface area contributed by atoms with Gasteiger partial charge in [-0.05, 0) is 113 Å². The summed E-state index contributed by atoms with van der Waals surface area (Å²) in [4.78, 5) is 36.2. The highest BCUT2D eigenvalue weighted by Crippen LogP contribution is 2.29. The van der Waals surface area contributed by atoms with E-state index in [1.54, 1.807) is 107 Å². The van der Waals surface area contributed by atoms with Crippen molar-refractivity contribution < 1.29 is 41.8 Å². The van der Waals surface area contributed by atoms with Gasteiger partial charge in [-0.3, -0.25) is 4.79 Å². The monoisotopic (exact) mass is 747 g/mol. The molecule has 0 saturated carbocycles. The van der Waals surface area contributed by atoms with Gasteiger partial charge in [0.15, 0.2) is 11.4 Å². The predicted molar refractivity (Wildman–Crippen MR) is 194 cm³/mol. The lowest BCUT2D eigenvalue weighted by molar-refractivity contribution is -0.163. The fourth-order valence-electron chi connectivity index (χ4n) is 4.54. The molecule has 0 aliphatic carbocycles. The van der Waals surface area contributed by atoms with Crippen molar-refractivity contribution in [2.75, 3.05) is 13.2 Å². The number of rotatable bonds is 13. The third-order valence-electron chi connectivity index (χ3n) is 7.06. The van der Waals surface area contributed by atoms with Crippen LogP contribution in [0, 0.1) is 0 Å². The normalized spacial score (nSPS) is 11.7. The van der Waals surface area contributed by atoms with E-state index in [-0.39, 0.29) is 36.9 Å². The van der Waals surface area contributed by atoms with Crippen LogP contribution < -0.4 is 10.1 Å². The van der Waals surface area contributed by atoms with Crippen LogP contribution in [-0.2, 0) is 26.9 Å². The van der Waals surface area contributed by atoms with Crippen LogP contribution in [0.5, 0.6) is 5.75 Å². The summed E-state index contributed by atoms with van der Waals surface area (Å²) in [5.41, 5.74) is 0.409. The summed E-state index contributed by atoms with van der Waals surface area (Å²) in [5.74, 6) is -0.461. The van der Waals surface area contributed by atoms with E-state index in [4.69, 9.17) is 25.8 Å². The summed E-state index contributed by atoms with van der Waals surface area (Å²) >= 11 is 5.84. The molecule has 0 spiro atoms. The first-order valence-electron chi connectivity index (χ1n) is 16.0. The van der Waals surface area contributed by atoms with Crippen molar-refractivity contribution in [1.29, 1.82) is 0 Å². The van der Waals surface area contributed by atoms with Crippen LogP contribution in [0.3, 0.4) is 0 Å². The summed E-state index contributed by atoms with van der Waals surface area (Å²) in [6.45, 7) is 9.35. The van der Waals surface area contributed by atoms with Crippen molar-refractivity contribution in [2.24, 2.45) is 0 Å². The van der Waals surface area contributed by atoms with Gasteiger partial charge in [0.1, 0.15) is 12.4 Å². The molecule has 274 valence electrons. The summed E-state index contributed by atoms with van der Waals surface area (Å²) in [7, 11) is 0. The van der Waals surface area contributed by atoms with Gasteiger partial charge in [-0.15, -0.1) is 12.4 Å². The number of carbonyl (C=O) groups is 3. The fraction of sp³-hybridized carbons (Fsp3) is 0.308. The molecule has 0 amide bonds. The molecule has 0 fully saturated rings. The molecule has 0 saturated heterocycles. The van der Waals surface area contributed by atoms with Gasteiger partial charge < -0.3 is 19.5 Å². The van der Waals surface area contributed by atoms with Crippen LogP contribution in [0.15, 0.2) is 103 Å². The first-order chi connectivity index (χ1) is 23.5. The summed E-state index contributed by atoms with van der Waals surface area (Å²) < 4.78 is 54.2. The highest BCUT2D eigenvalue weighted by atomic mass is 35.5. The molecule has 1 atom stereocenters. The van der Waals surface area contributed by atoms with E-state index in [1.165, 1.54) is 6.07 Å². The van der Waals surface area contributed by atoms with Gasteiger partial charge in [-0.2, -0.15) is 13.2 Å². The minimum atomic E-state index is -4.34. The Bertz CT molecular complexity index is 1700. The minimum absolute atomic E-state index is 0. The maximum absolute atomic E-state index is 12.7. The number of esters is 2. The van der Waals surface area contributed by atoms with Gasteiger partial charge in [-0.1, -0.05) is 48.0 Å². The van der Waals surface area contributed by atoms with Crippen LogP contribution in [-0.4, -0.2) is 48.6 Å². The van der Waals surface area contributed by atoms with Gasteiger partial charge in [0, 0.05) is 28.7 Å². The Morgan fingerprint density at radius 3 is 1.94 bits per heavy atom. The Morgan fingerprint density at radius 2 is 1.37 bits per heavy atom. The number of benzene rings is 4. The lowest BCUT2D eigenvalue weighted by Gasteiger charge is -2.25. The molecule has 0 bridgehead atoms. The zero-order chi connectivity index (χ0) is 36.9. The van der Waals surface area contributed by atoms with Crippen molar-refractivity contribution in [3.8, 4) is 5.75 Å². The SMILES string of the molecule is CC(C)OC(=O)C(C)(C)Oc1ccc(C(=O)c2ccc(Cl)cc2)cc1.CC(Cc1cccc(C(F)(F)F)c1)NCCOC(=O)c1ccccc1.Cl. The maximum atomic E-state index is 12.7. The van der Waals surface area contributed by atoms with E-state index >= 15 is 0 Å². The van der Waals surface area contributed by atoms with Crippen LogP contribution in [0.2, 0.25) is 5.02 Å². The largest absolute Gasteiger partial charge is 0.476 e. The van der Waals surface area contributed by atoms with E-state index in [9.17, 15) is 27.6 Å². The van der Waals surface area contributed by atoms with Gasteiger partial charge in [-0.25, -0.2) is 9.59 Å². The molecule has 4 rings (SSSR count). The standard InChI is InChI=1S/C20H21ClO4.C19H20F3NO2.ClH/c1-13(2)24-19(23)20(3,4)25-17-11-7-15(8-12-17)18(22)14-5-9-16(21)10-6-14;1-14(12-15-6-5-9-17(13-15)19(20,21)22)23-10-11-25-18(24)16-7-3-2-4-8-16;/h5-13H,1-4H3;2-9,13-14,23H,10-12H2,1H3;1H. The number of nitrogens with one attached hydrogen (secondary N) is 1. The fourth-order valence-corrected chi connectivity index (χ4v) is 4.67. The zero-order valence-corrected chi connectivity index (χ0v) is 30.5. The number of halogens is 5. The quantitative estimate of drug-likeness (QED) is 0.0829. The molecule has 4 aromatic carbocycles. The second-order valence-electron chi connectivity index (χ2n) is 12.2. The Kier molecular flexibility index (Phi) is 16.7. The van der Waals surface area contributed by atoms with E-state index in [0.717, 1.165) is 12.1 Å². The van der Waals surface area contributed by atoms with Gasteiger partial charge in [0.25, 0.3) is 0 Å². The number of alkyl halides is 3. The van der Waals surface area contributed by atoms with E-state index in [0.29, 0.717) is 46.0 Å². The molecule has 4 aromatic rings. The molecule has 0 aliphatic rings. The van der Waals surface area contributed by atoms with E-state index in [2.05, 4.69) is 5.32 Å². The smallest absolute Gasteiger partial charge is 0.416 e. The maximum Gasteiger partial charge on any atom is 0.416 e. The third-order valence-corrected chi connectivity index (χ3v) is 7.32. The Morgan fingerprint density at radius 1 is 0.784 bits per heavy atom. The predicted octanol–water partition coefficient (Wildman–Crippen LogP) is 9.18. The summed E-state index contributed by atoms with van der Waals surface area (Å²) in [6, 6.07) is 27.3. The summed E-state index contributed by atoms with van der Waals surface area (Å²) in [5, 5.41) is 3.72. The lowest BCUT2D eigenvalue weighted by Crippen LogP contribution is -2.40. The third kappa shape index (κ3) is 14.4. The van der Waals surface area contributed by atoms with Gasteiger partial charge in [0.05, 0.1) is 17.2 Å². The van der Waals surface area contributed by atoms with Crippen LogP contribution in [0.1, 0.15) is 72.0 Å². The van der Waals surface area contributed by atoms with Crippen molar-refractivity contribution >= 4 is 41.7 Å². The van der Waals surface area contributed by atoms with Crippen LogP contribution in [0.4, 0.5) is 13.2 Å². The van der Waals surface area contributed by atoms with Crippen molar-refractivity contribution in [3.05, 3.63) is 136 Å². The molecular formula is C39H42Cl2F3NO6. The molecule has 0 aromatic heterocycles. The van der Waals surface area contributed by atoms with Crippen molar-refractivity contribution in [1.82, 2.24) is 5.32 Å². The Balaban J connectivity index is 0.000000347.